The van der Waals surface area contributed by atoms with Crippen LogP contribution in [0.2, 0.25) is 0 Å². The van der Waals surface area contributed by atoms with Crippen LogP contribution in [0.1, 0.15) is 15.9 Å². The number of aryl methyl sites for hydroxylation is 1. The standard InChI is InChI=1S/C13H12N2O5S/c1-8-7-14-5-4-11(8)15-21(19,20)9-2-3-12(16)10(6-9)13(17)18/h2-7,16H,1H3,(H,14,15)(H,17,18). The van der Waals surface area contributed by atoms with E-state index >= 15 is 0 Å². The summed E-state index contributed by atoms with van der Waals surface area (Å²) in [5.74, 6) is -1.91. The number of sulfonamides is 1. The van der Waals surface area contributed by atoms with Crippen LogP contribution >= 0.6 is 0 Å². The second-order valence-corrected chi connectivity index (χ2v) is 5.96. The Balaban J connectivity index is 2.43. The quantitative estimate of drug-likeness (QED) is 0.789. The summed E-state index contributed by atoms with van der Waals surface area (Å²) in [5, 5.41) is 18.3. The number of nitrogens with zero attached hydrogens (tertiary/aromatic N) is 1. The van der Waals surface area contributed by atoms with Crippen molar-refractivity contribution >= 4 is 21.7 Å². The highest BCUT2D eigenvalue weighted by atomic mass is 32.2. The first kappa shape index (κ1) is 14.8. The molecule has 0 fully saturated rings. The van der Waals surface area contributed by atoms with Crippen molar-refractivity contribution < 1.29 is 23.4 Å². The minimum atomic E-state index is -3.96. The molecule has 1 aromatic carbocycles. The summed E-state index contributed by atoms with van der Waals surface area (Å²) in [6.07, 6.45) is 2.93. The van der Waals surface area contributed by atoms with E-state index < -0.39 is 27.3 Å². The van der Waals surface area contributed by atoms with E-state index in [1.807, 2.05) is 0 Å². The predicted octanol–water partition coefficient (Wildman–Crippen LogP) is 1.59. The Labute approximate surface area is 120 Å². The Morgan fingerprint density at radius 2 is 2.00 bits per heavy atom. The molecule has 0 saturated carbocycles. The van der Waals surface area contributed by atoms with Crippen LogP contribution in [-0.4, -0.2) is 29.6 Å². The lowest BCUT2D eigenvalue weighted by atomic mass is 10.2. The molecular weight excluding hydrogens is 296 g/mol. The van der Waals surface area contributed by atoms with Crippen molar-refractivity contribution in [3.05, 3.63) is 47.8 Å². The number of carboxylic acids is 1. The minimum Gasteiger partial charge on any atom is -0.507 e. The van der Waals surface area contributed by atoms with Gasteiger partial charge in [0.1, 0.15) is 11.3 Å². The molecule has 0 aliphatic carbocycles. The van der Waals surface area contributed by atoms with Gasteiger partial charge in [0, 0.05) is 12.4 Å². The Hall–Kier alpha value is -2.61. The lowest BCUT2D eigenvalue weighted by Gasteiger charge is -2.11. The van der Waals surface area contributed by atoms with Crippen molar-refractivity contribution in [3.63, 3.8) is 0 Å². The maximum absolute atomic E-state index is 12.2. The number of aromatic hydroxyl groups is 1. The number of pyridine rings is 1. The predicted molar refractivity (Wildman–Crippen MR) is 74.8 cm³/mol. The third-order valence-electron chi connectivity index (χ3n) is 2.77. The monoisotopic (exact) mass is 308 g/mol. The van der Waals surface area contributed by atoms with Crippen LogP contribution in [0.3, 0.4) is 0 Å². The first-order valence-electron chi connectivity index (χ1n) is 5.81. The second-order valence-electron chi connectivity index (χ2n) is 4.28. The van der Waals surface area contributed by atoms with Gasteiger partial charge < -0.3 is 10.2 Å². The number of carboxylic acid groups (broad SMARTS) is 1. The van der Waals surface area contributed by atoms with Crippen LogP contribution in [0.4, 0.5) is 5.69 Å². The zero-order valence-electron chi connectivity index (χ0n) is 10.9. The first-order valence-corrected chi connectivity index (χ1v) is 7.29. The van der Waals surface area contributed by atoms with E-state index in [-0.39, 0.29) is 4.90 Å². The fourth-order valence-electron chi connectivity index (χ4n) is 1.65. The highest BCUT2D eigenvalue weighted by Crippen LogP contribution is 2.24. The van der Waals surface area contributed by atoms with E-state index in [9.17, 15) is 18.3 Å². The number of benzene rings is 1. The fourth-order valence-corrected chi connectivity index (χ4v) is 2.80. The molecular formula is C13H12N2O5S. The van der Waals surface area contributed by atoms with Crippen molar-refractivity contribution in [2.45, 2.75) is 11.8 Å². The van der Waals surface area contributed by atoms with E-state index in [0.29, 0.717) is 11.3 Å². The Bertz CT molecular complexity index is 802. The number of phenols is 1. The van der Waals surface area contributed by atoms with E-state index in [4.69, 9.17) is 5.11 Å². The van der Waals surface area contributed by atoms with Gasteiger partial charge in [-0.2, -0.15) is 0 Å². The molecule has 2 rings (SSSR count). The lowest BCUT2D eigenvalue weighted by Crippen LogP contribution is -2.14. The van der Waals surface area contributed by atoms with E-state index in [2.05, 4.69) is 9.71 Å². The molecule has 7 nitrogen and oxygen atoms in total. The highest BCUT2D eigenvalue weighted by molar-refractivity contribution is 7.92. The number of hydrogen-bond donors (Lipinski definition) is 3. The van der Waals surface area contributed by atoms with Gasteiger partial charge >= 0.3 is 5.97 Å². The maximum Gasteiger partial charge on any atom is 0.339 e. The van der Waals surface area contributed by atoms with Crippen molar-refractivity contribution in [2.24, 2.45) is 0 Å². The number of hydrogen-bond acceptors (Lipinski definition) is 5. The number of anilines is 1. The zero-order chi connectivity index (χ0) is 15.6. The molecule has 0 radical (unpaired) electrons. The summed E-state index contributed by atoms with van der Waals surface area (Å²) < 4.78 is 26.8. The van der Waals surface area contributed by atoms with Crippen LogP contribution in [0.5, 0.6) is 5.75 Å². The van der Waals surface area contributed by atoms with Gasteiger partial charge in [0.2, 0.25) is 0 Å². The summed E-state index contributed by atoms with van der Waals surface area (Å²) in [4.78, 5) is 14.5. The van der Waals surface area contributed by atoms with Crippen molar-refractivity contribution in [3.8, 4) is 5.75 Å². The van der Waals surface area contributed by atoms with Gasteiger partial charge in [-0.05, 0) is 36.8 Å². The largest absolute Gasteiger partial charge is 0.507 e. The van der Waals surface area contributed by atoms with Gasteiger partial charge in [0.15, 0.2) is 0 Å². The third kappa shape index (κ3) is 3.11. The summed E-state index contributed by atoms with van der Waals surface area (Å²) in [7, 11) is -3.96. The molecule has 1 aromatic heterocycles. The highest BCUT2D eigenvalue weighted by Gasteiger charge is 2.19. The average Bonchev–Trinajstić information content (AvgIpc) is 2.41. The zero-order valence-corrected chi connectivity index (χ0v) is 11.8. The molecule has 0 aliphatic heterocycles. The lowest BCUT2D eigenvalue weighted by molar-refractivity contribution is 0.0693. The van der Waals surface area contributed by atoms with Crippen molar-refractivity contribution in [2.75, 3.05) is 4.72 Å². The van der Waals surface area contributed by atoms with E-state index in [0.717, 1.165) is 18.2 Å². The average molecular weight is 308 g/mol. The van der Waals surface area contributed by atoms with Gasteiger partial charge in [-0.25, -0.2) is 13.2 Å². The van der Waals surface area contributed by atoms with Gasteiger partial charge in [-0.3, -0.25) is 9.71 Å². The Morgan fingerprint density at radius 1 is 1.29 bits per heavy atom. The summed E-state index contributed by atoms with van der Waals surface area (Å²) in [6.45, 7) is 1.68. The van der Waals surface area contributed by atoms with E-state index in [1.54, 1.807) is 6.92 Å². The van der Waals surface area contributed by atoms with Crippen LogP contribution < -0.4 is 4.72 Å². The Morgan fingerprint density at radius 3 is 2.62 bits per heavy atom. The van der Waals surface area contributed by atoms with Crippen LogP contribution in [0, 0.1) is 6.92 Å². The second kappa shape index (κ2) is 5.41. The topological polar surface area (TPSA) is 117 Å². The van der Waals surface area contributed by atoms with Crippen molar-refractivity contribution in [1.29, 1.82) is 0 Å². The van der Waals surface area contributed by atoms with Gasteiger partial charge in [0.25, 0.3) is 10.0 Å². The number of nitrogens with one attached hydrogen (secondary N) is 1. The van der Waals surface area contributed by atoms with Crippen LogP contribution in [-0.2, 0) is 10.0 Å². The molecule has 0 aliphatic rings. The smallest absolute Gasteiger partial charge is 0.339 e. The number of carbonyl (C=O) groups is 1. The van der Waals surface area contributed by atoms with Gasteiger partial charge in [-0.15, -0.1) is 0 Å². The molecule has 0 amide bonds. The molecule has 0 spiro atoms. The normalized spacial score (nSPS) is 11.1. The van der Waals surface area contributed by atoms with E-state index in [1.165, 1.54) is 18.5 Å². The van der Waals surface area contributed by atoms with Crippen LogP contribution in [0.15, 0.2) is 41.6 Å². The third-order valence-corrected chi connectivity index (χ3v) is 4.14. The van der Waals surface area contributed by atoms with Crippen LogP contribution in [0.25, 0.3) is 0 Å². The molecule has 8 heteroatoms. The first-order chi connectivity index (χ1) is 9.81. The van der Waals surface area contributed by atoms with Gasteiger partial charge in [0.05, 0.1) is 10.6 Å². The SMILES string of the molecule is Cc1cnccc1NS(=O)(=O)c1ccc(O)c(C(=O)O)c1. The summed E-state index contributed by atoms with van der Waals surface area (Å²) in [5.41, 5.74) is 0.484. The molecule has 0 atom stereocenters. The maximum atomic E-state index is 12.2. The molecule has 2 aromatic rings. The molecule has 0 unspecified atom stereocenters. The number of rotatable bonds is 4. The molecule has 0 saturated heterocycles. The van der Waals surface area contributed by atoms with Gasteiger partial charge in [-0.1, -0.05) is 0 Å². The molecule has 1 heterocycles. The minimum absolute atomic E-state index is 0.256. The number of aromatic nitrogens is 1. The summed E-state index contributed by atoms with van der Waals surface area (Å²) >= 11 is 0. The summed E-state index contributed by atoms with van der Waals surface area (Å²) in [6, 6.07) is 4.54. The molecule has 3 N–H and O–H groups in total. The van der Waals surface area contributed by atoms with Crippen molar-refractivity contribution in [1.82, 2.24) is 4.98 Å². The molecule has 0 bridgehead atoms. The number of aromatic carboxylic acids is 1. The Kier molecular flexibility index (Phi) is 3.81. The fraction of sp³-hybridized carbons (Fsp3) is 0.0769. The molecule has 21 heavy (non-hydrogen) atoms. The molecule has 110 valence electrons.